The third-order valence-electron chi connectivity index (χ3n) is 3.55. The Morgan fingerprint density at radius 1 is 1.19 bits per heavy atom. The van der Waals surface area contributed by atoms with Crippen molar-refractivity contribution in [3.05, 3.63) is 34.6 Å². The number of benzene rings is 1. The first kappa shape index (κ1) is 15.8. The van der Waals surface area contributed by atoms with E-state index in [1.54, 1.807) is 4.90 Å². The summed E-state index contributed by atoms with van der Waals surface area (Å²) in [6, 6.07) is 4.03. The van der Waals surface area contributed by atoms with Crippen molar-refractivity contribution in [2.45, 2.75) is 25.7 Å². The van der Waals surface area contributed by atoms with Crippen molar-refractivity contribution in [3.63, 3.8) is 0 Å². The number of carbonyl (C=O) groups excluding carboxylic acids is 2. The molecule has 6 heteroatoms. The SMILES string of the molecule is O=C(NCC(=O)N1CCCCCC1)c1c(F)cccc1Cl. The fourth-order valence-corrected chi connectivity index (χ4v) is 2.64. The second-order valence-electron chi connectivity index (χ2n) is 5.07. The summed E-state index contributed by atoms with van der Waals surface area (Å²) in [5.74, 6) is -1.50. The van der Waals surface area contributed by atoms with Crippen LogP contribution in [0.5, 0.6) is 0 Å². The second-order valence-corrected chi connectivity index (χ2v) is 5.48. The van der Waals surface area contributed by atoms with Crippen molar-refractivity contribution in [1.82, 2.24) is 10.2 Å². The maximum Gasteiger partial charge on any atom is 0.256 e. The monoisotopic (exact) mass is 312 g/mol. The van der Waals surface area contributed by atoms with E-state index in [0.717, 1.165) is 44.8 Å². The van der Waals surface area contributed by atoms with E-state index in [1.807, 2.05) is 0 Å². The first-order chi connectivity index (χ1) is 10.1. The summed E-state index contributed by atoms with van der Waals surface area (Å²) in [5.41, 5.74) is -0.220. The molecule has 0 radical (unpaired) electrons. The van der Waals surface area contributed by atoms with E-state index < -0.39 is 11.7 Å². The highest BCUT2D eigenvalue weighted by molar-refractivity contribution is 6.33. The minimum Gasteiger partial charge on any atom is -0.343 e. The Bertz CT molecular complexity index is 508. The van der Waals surface area contributed by atoms with Gasteiger partial charge in [0.25, 0.3) is 5.91 Å². The summed E-state index contributed by atoms with van der Waals surface area (Å²) in [5, 5.41) is 2.48. The topological polar surface area (TPSA) is 49.4 Å². The Morgan fingerprint density at radius 3 is 2.48 bits per heavy atom. The largest absolute Gasteiger partial charge is 0.343 e. The molecule has 4 nitrogen and oxygen atoms in total. The Morgan fingerprint density at radius 2 is 1.86 bits per heavy atom. The van der Waals surface area contributed by atoms with Crippen molar-refractivity contribution < 1.29 is 14.0 Å². The fraction of sp³-hybridized carbons (Fsp3) is 0.467. The summed E-state index contributed by atoms with van der Waals surface area (Å²) in [4.78, 5) is 25.7. The Hall–Kier alpha value is -1.62. The normalized spacial score (nSPS) is 15.4. The molecule has 1 heterocycles. The van der Waals surface area contributed by atoms with Crippen LogP contribution in [0.25, 0.3) is 0 Å². The van der Waals surface area contributed by atoms with Gasteiger partial charge in [0, 0.05) is 13.1 Å². The summed E-state index contributed by atoms with van der Waals surface area (Å²) >= 11 is 5.81. The van der Waals surface area contributed by atoms with Gasteiger partial charge >= 0.3 is 0 Å². The van der Waals surface area contributed by atoms with Crippen LogP contribution in [-0.4, -0.2) is 36.3 Å². The van der Waals surface area contributed by atoms with Crippen molar-refractivity contribution in [2.24, 2.45) is 0 Å². The zero-order chi connectivity index (χ0) is 15.2. The molecule has 0 aromatic heterocycles. The molecule has 0 unspecified atom stereocenters. The van der Waals surface area contributed by atoms with Gasteiger partial charge < -0.3 is 10.2 Å². The first-order valence-electron chi connectivity index (χ1n) is 7.09. The molecule has 0 bridgehead atoms. The molecular formula is C15H18ClFN2O2. The average Bonchev–Trinajstić information content (AvgIpc) is 2.73. The molecular weight excluding hydrogens is 295 g/mol. The number of halogens is 2. The third kappa shape index (κ3) is 4.17. The van der Waals surface area contributed by atoms with Gasteiger partial charge in [0.1, 0.15) is 5.82 Å². The number of likely N-dealkylation sites (tertiary alicyclic amines) is 1. The predicted octanol–water partition coefficient (Wildman–Crippen LogP) is 2.61. The van der Waals surface area contributed by atoms with Crippen LogP contribution in [0.15, 0.2) is 18.2 Å². The van der Waals surface area contributed by atoms with Gasteiger partial charge in [0.05, 0.1) is 17.1 Å². The highest BCUT2D eigenvalue weighted by Gasteiger charge is 2.19. The van der Waals surface area contributed by atoms with Gasteiger partial charge in [-0.25, -0.2) is 4.39 Å². The zero-order valence-electron chi connectivity index (χ0n) is 11.7. The Labute approximate surface area is 128 Å². The van der Waals surface area contributed by atoms with Crippen LogP contribution >= 0.6 is 11.6 Å². The molecule has 1 saturated heterocycles. The lowest BCUT2D eigenvalue weighted by Crippen LogP contribution is -2.40. The van der Waals surface area contributed by atoms with Crippen LogP contribution in [-0.2, 0) is 4.79 Å². The molecule has 0 saturated carbocycles. The van der Waals surface area contributed by atoms with Crippen LogP contribution in [0.1, 0.15) is 36.0 Å². The zero-order valence-corrected chi connectivity index (χ0v) is 12.5. The standard InChI is InChI=1S/C15H18ClFN2O2/c16-11-6-5-7-12(17)14(11)15(21)18-10-13(20)19-8-3-1-2-4-9-19/h5-7H,1-4,8-10H2,(H,18,21). The van der Waals surface area contributed by atoms with Crippen LogP contribution in [0, 0.1) is 5.82 Å². The predicted molar refractivity (Wildman–Crippen MR) is 78.8 cm³/mol. The van der Waals surface area contributed by atoms with Gasteiger partial charge in [-0.3, -0.25) is 9.59 Å². The summed E-state index contributed by atoms with van der Waals surface area (Å²) in [6.45, 7) is 1.30. The third-order valence-corrected chi connectivity index (χ3v) is 3.86. The number of amides is 2. The minimum absolute atomic E-state index is 0.0368. The Kier molecular flexibility index (Phi) is 5.56. The molecule has 1 aliphatic heterocycles. The van der Waals surface area contributed by atoms with Gasteiger partial charge in [0.15, 0.2) is 0 Å². The van der Waals surface area contributed by atoms with E-state index in [1.165, 1.54) is 12.1 Å². The van der Waals surface area contributed by atoms with E-state index in [-0.39, 0.29) is 23.0 Å². The van der Waals surface area contributed by atoms with Crippen molar-refractivity contribution in [1.29, 1.82) is 0 Å². The smallest absolute Gasteiger partial charge is 0.256 e. The van der Waals surface area contributed by atoms with E-state index in [0.29, 0.717) is 0 Å². The van der Waals surface area contributed by atoms with Gasteiger partial charge in [-0.15, -0.1) is 0 Å². The van der Waals surface area contributed by atoms with Crippen molar-refractivity contribution in [2.75, 3.05) is 19.6 Å². The molecule has 1 fully saturated rings. The lowest BCUT2D eigenvalue weighted by atomic mass is 10.2. The molecule has 1 N–H and O–H groups in total. The molecule has 0 aliphatic carbocycles. The van der Waals surface area contributed by atoms with Crippen molar-refractivity contribution in [3.8, 4) is 0 Å². The minimum atomic E-state index is -0.692. The molecule has 1 aromatic rings. The second kappa shape index (κ2) is 7.41. The number of hydrogen-bond donors (Lipinski definition) is 1. The molecule has 1 aromatic carbocycles. The van der Waals surface area contributed by atoms with Gasteiger partial charge in [0.2, 0.25) is 5.91 Å². The van der Waals surface area contributed by atoms with Crippen LogP contribution < -0.4 is 5.32 Å². The maximum absolute atomic E-state index is 13.6. The first-order valence-corrected chi connectivity index (χ1v) is 7.47. The number of rotatable bonds is 3. The molecule has 2 amide bonds. The van der Waals surface area contributed by atoms with Gasteiger partial charge in [-0.05, 0) is 25.0 Å². The highest BCUT2D eigenvalue weighted by atomic mass is 35.5. The quantitative estimate of drug-likeness (QED) is 0.932. The molecule has 114 valence electrons. The number of carbonyl (C=O) groups is 2. The van der Waals surface area contributed by atoms with E-state index in [2.05, 4.69) is 5.32 Å². The van der Waals surface area contributed by atoms with E-state index >= 15 is 0 Å². The lowest BCUT2D eigenvalue weighted by Gasteiger charge is -2.20. The highest BCUT2D eigenvalue weighted by Crippen LogP contribution is 2.18. The van der Waals surface area contributed by atoms with Gasteiger partial charge in [-0.1, -0.05) is 30.5 Å². The molecule has 0 atom stereocenters. The summed E-state index contributed by atoms with van der Waals surface area (Å²) in [6.07, 6.45) is 4.22. The number of nitrogens with one attached hydrogen (secondary N) is 1. The van der Waals surface area contributed by atoms with Gasteiger partial charge in [-0.2, -0.15) is 0 Å². The summed E-state index contributed by atoms with van der Waals surface area (Å²) in [7, 11) is 0. The van der Waals surface area contributed by atoms with Crippen molar-refractivity contribution >= 4 is 23.4 Å². The summed E-state index contributed by atoms with van der Waals surface area (Å²) < 4.78 is 13.6. The molecule has 21 heavy (non-hydrogen) atoms. The average molecular weight is 313 g/mol. The molecule has 2 rings (SSSR count). The van der Waals surface area contributed by atoms with Crippen LogP contribution in [0.3, 0.4) is 0 Å². The van der Waals surface area contributed by atoms with E-state index in [4.69, 9.17) is 11.6 Å². The molecule has 1 aliphatic rings. The lowest BCUT2D eigenvalue weighted by molar-refractivity contribution is -0.130. The fourth-order valence-electron chi connectivity index (χ4n) is 2.39. The molecule has 0 spiro atoms. The Balaban J connectivity index is 1.93. The number of nitrogens with zero attached hydrogens (tertiary/aromatic N) is 1. The number of hydrogen-bond acceptors (Lipinski definition) is 2. The van der Waals surface area contributed by atoms with Crippen LogP contribution in [0.4, 0.5) is 4.39 Å². The maximum atomic E-state index is 13.6. The van der Waals surface area contributed by atoms with E-state index in [9.17, 15) is 14.0 Å². The van der Waals surface area contributed by atoms with Crippen LogP contribution in [0.2, 0.25) is 5.02 Å².